The zero-order valence-corrected chi connectivity index (χ0v) is 8.09. The Morgan fingerprint density at radius 1 is 0.917 bits per heavy atom. The summed E-state index contributed by atoms with van der Waals surface area (Å²) in [6.07, 6.45) is 13.4. The van der Waals surface area contributed by atoms with Crippen molar-refractivity contribution in [2.45, 2.75) is 51.9 Å². The third kappa shape index (κ3) is 9.41. The summed E-state index contributed by atoms with van der Waals surface area (Å²) in [7, 11) is 0. The minimum atomic E-state index is 0.741. The molecule has 0 saturated carbocycles. The summed E-state index contributed by atoms with van der Waals surface area (Å²) >= 11 is 0. The minimum Gasteiger partial charge on any atom is -0.303 e. The monoisotopic (exact) mass is 168 g/mol. The lowest BCUT2D eigenvalue weighted by Gasteiger charge is -1.95. The summed E-state index contributed by atoms with van der Waals surface area (Å²) < 4.78 is 0. The van der Waals surface area contributed by atoms with Crippen LogP contribution in [0.3, 0.4) is 0 Å². The lowest BCUT2D eigenvalue weighted by atomic mass is 10.1. The van der Waals surface area contributed by atoms with Crippen LogP contribution in [0.1, 0.15) is 51.9 Å². The highest BCUT2D eigenvalue weighted by Gasteiger charge is 1.87. The lowest BCUT2D eigenvalue weighted by molar-refractivity contribution is -0.107. The van der Waals surface area contributed by atoms with E-state index in [-0.39, 0.29) is 0 Å². The van der Waals surface area contributed by atoms with Gasteiger partial charge in [-0.25, -0.2) is 0 Å². The summed E-state index contributed by atoms with van der Waals surface area (Å²) in [5, 5.41) is 0. The van der Waals surface area contributed by atoms with Crippen LogP contribution in [0.4, 0.5) is 0 Å². The molecule has 12 heavy (non-hydrogen) atoms. The van der Waals surface area contributed by atoms with E-state index in [1.165, 1.54) is 25.7 Å². The fourth-order valence-electron chi connectivity index (χ4n) is 1.13. The van der Waals surface area contributed by atoms with Gasteiger partial charge in [0.25, 0.3) is 0 Å². The second-order valence-corrected chi connectivity index (χ2v) is 3.04. The molecule has 1 heteroatoms. The molecule has 0 aliphatic carbocycles. The van der Waals surface area contributed by atoms with Crippen molar-refractivity contribution in [3.8, 4) is 0 Å². The second kappa shape index (κ2) is 10.4. The Bertz CT molecular complexity index is 116. The molecule has 70 valence electrons. The van der Waals surface area contributed by atoms with Crippen LogP contribution in [0.5, 0.6) is 0 Å². The molecule has 1 nitrogen and oxygen atoms in total. The number of hydrogen-bond acceptors (Lipinski definition) is 1. The Kier molecular flexibility index (Phi) is 9.90. The maximum atomic E-state index is 9.97. The average Bonchev–Trinajstić information content (AvgIpc) is 2.10. The van der Waals surface area contributed by atoms with Gasteiger partial charge in [0.1, 0.15) is 6.29 Å². The van der Waals surface area contributed by atoms with Gasteiger partial charge in [-0.3, -0.25) is 0 Å². The molecule has 0 aromatic carbocycles. The molecule has 0 radical (unpaired) electrons. The third-order valence-corrected chi connectivity index (χ3v) is 1.85. The summed E-state index contributed by atoms with van der Waals surface area (Å²) in [5.74, 6) is 0. The average molecular weight is 168 g/mol. The Hall–Kier alpha value is -0.590. The number of allylic oxidation sites excluding steroid dienone is 2. The molecule has 0 rings (SSSR count). The molecule has 0 aliphatic heterocycles. The van der Waals surface area contributed by atoms with Crippen molar-refractivity contribution < 1.29 is 4.79 Å². The van der Waals surface area contributed by atoms with Gasteiger partial charge in [0.15, 0.2) is 0 Å². The van der Waals surface area contributed by atoms with Crippen LogP contribution in [-0.4, -0.2) is 6.29 Å². The van der Waals surface area contributed by atoms with Crippen LogP contribution in [0.25, 0.3) is 0 Å². The van der Waals surface area contributed by atoms with E-state index >= 15 is 0 Å². The van der Waals surface area contributed by atoms with Crippen molar-refractivity contribution in [3.05, 3.63) is 12.2 Å². The number of hydrogen-bond donors (Lipinski definition) is 0. The fraction of sp³-hybridized carbons (Fsp3) is 0.727. The predicted octanol–water partition coefficient (Wildman–Crippen LogP) is 3.49. The van der Waals surface area contributed by atoms with E-state index in [2.05, 4.69) is 19.1 Å². The molecule has 0 fully saturated rings. The summed E-state index contributed by atoms with van der Waals surface area (Å²) in [6, 6.07) is 0. The molecule has 0 amide bonds. The molecule has 0 N–H and O–H groups in total. The molecular weight excluding hydrogens is 148 g/mol. The number of carbonyl (C=O) groups excluding carboxylic acids is 1. The Labute approximate surface area is 75.9 Å². The van der Waals surface area contributed by atoms with E-state index < -0.39 is 0 Å². The van der Waals surface area contributed by atoms with Gasteiger partial charge in [-0.05, 0) is 25.7 Å². The van der Waals surface area contributed by atoms with Gasteiger partial charge < -0.3 is 4.79 Å². The molecule has 0 aliphatic rings. The van der Waals surface area contributed by atoms with Crippen molar-refractivity contribution in [2.75, 3.05) is 0 Å². The molecule has 0 spiro atoms. The van der Waals surface area contributed by atoms with E-state index in [4.69, 9.17) is 0 Å². The molecule has 0 atom stereocenters. The van der Waals surface area contributed by atoms with E-state index in [1.807, 2.05) is 0 Å². The second-order valence-electron chi connectivity index (χ2n) is 3.04. The molecule has 0 saturated heterocycles. The summed E-state index contributed by atoms with van der Waals surface area (Å²) in [5.41, 5.74) is 0. The van der Waals surface area contributed by atoms with Crippen LogP contribution >= 0.6 is 0 Å². The van der Waals surface area contributed by atoms with Crippen molar-refractivity contribution in [1.29, 1.82) is 0 Å². The maximum absolute atomic E-state index is 9.97. The first-order valence-electron chi connectivity index (χ1n) is 5.00. The summed E-state index contributed by atoms with van der Waals surface area (Å²) in [4.78, 5) is 9.97. The fourth-order valence-corrected chi connectivity index (χ4v) is 1.13. The topological polar surface area (TPSA) is 17.1 Å². The Morgan fingerprint density at radius 3 is 2.17 bits per heavy atom. The summed E-state index contributed by atoms with van der Waals surface area (Å²) in [6.45, 7) is 2.15. The van der Waals surface area contributed by atoms with Crippen LogP contribution in [-0.2, 0) is 4.79 Å². The predicted molar refractivity (Wildman–Crippen MR) is 53.2 cm³/mol. The number of aldehydes is 1. The van der Waals surface area contributed by atoms with Crippen molar-refractivity contribution in [1.82, 2.24) is 0 Å². The number of carbonyl (C=O) groups is 1. The van der Waals surface area contributed by atoms with Gasteiger partial charge in [0.05, 0.1) is 0 Å². The molecule has 0 aromatic heterocycles. The van der Waals surface area contributed by atoms with Gasteiger partial charge in [-0.1, -0.05) is 31.9 Å². The van der Waals surface area contributed by atoms with E-state index in [0.29, 0.717) is 0 Å². The van der Waals surface area contributed by atoms with Crippen molar-refractivity contribution in [3.63, 3.8) is 0 Å². The first kappa shape index (κ1) is 11.4. The maximum Gasteiger partial charge on any atom is 0.119 e. The molecule has 0 aromatic rings. The number of unbranched alkanes of at least 4 members (excludes halogenated alkanes) is 5. The van der Waals surface area contributed by atoms with Gasteiger partial charge in [0, 0.05) is 6.42 Å². The molecule has 0 unspecified atom stereocenters. The third-order valence-electron chi connectivity index (χ3n) is 1.85. The van der Waals surface area contributed by atoms with Gasteiger partial charge in [-0.15, -0.1) is 0 Å². The van der Waals surface area contributed by atoms with Gasteiger partial charge in [0.2, 0.25) is 0 Å². The van der Waals surface area contributed by atoms with Crippen LogP contribution < -0.4 is 0 Å². The van der Waals surface area contributed by atoms with Crippen molar-refractivity contribution in [2.24, 2.45) is 0 Å². The zero-order valence-electron chi connectivity index (χ0n) is 8.09. The van der Waals surface area contributed by atoms with Gasteiger partial charge >= 0.3 is 0 Å². The van der Waals surface area contributed by atoms with Crippen LogP contribution in [0, 0.1) is 0 Å². The quantitative estimate of drug-likeness (QED) is 0.308. The normalized spacial score (nSPS) is 10.8. The lowest BCUT2D eigenvalue weighted by Crippen LogP contribution is -1.78. The highest BCUT2D eigenvalue weighted by atomic mass is 16.1. The van der Waals surface area contributed by atoms with Crippen LogP contribution in [0.15, 0.2) is 12.2 Å². The number of rotatable bonds is 8. The van der Waals surface area contributed by atoms with Crippen molar-refractivity contribution >= 4 is 6.29 Å². The van der Waals surface area contributed by atoms with E-state index in [9.17, 15) is 4.79 Å². The minimum absolute atomic E-state index is 0.741. The van der Waals surface area contributed by atoms with E-state index in [0.717, 1.165) is 25.5 Å². The molecule has 0 bridgehead atoms. The highest BCUT2D eigenvalue weighted by Crippen LogP contribution is 2.04. The standard InChI is InChI=1S/C11H20O/c1-2-3-4-5-6-7-8-9-10-11-12/h3-4,11H,2,5-10H2,1H3. The SMILES string of the molecule is CCC=CCCCCCCC=O. The van der Waals surface area contributed by atoms with Gasteiger partial charge in [-0.2, -0.15) is 0 Å². The Morgan fingerprint density at radius 2 is 1.58 bits per heavy atom. The highest BCUT2D eigenvalue weighted by molar-refractivity contribution is 5.48. The first-order valence-corrected chi connectivity index (χ1v) is 5.00. The molecular formula is C11H20O. The van der Waals surface area contributed by atoms with Crippen LogP contribution in [0.2, 0.25) is 0 Å². The van der Waals surface area contributed by atoms with E-state index in [1.54, 1.807) is 0 Å². The Balaban J connectivity index is 2.90. The smallest absolute Gasteiger partial charge is 0.119 e. The molecule has 0 heterocycles. The zero-order chi connectivity index (χ0) is 9.07. The largest absolute Gasteiger partial charge is 0.303 e. The first-order chi connectivity index (χ1) is 5.91.